The Morgan fingerprint density at radius 2 is 1.60 bits per heavy atom. The summed E-state index contributed by atoms with van der Waals surface area (Å²) in [5.74, 6) is -2.11. The summed E-state index contributed by atoms with van der Waals surface area (Å²) in [5, 5.41) is 15.6. The zero-order valence-electron chi connectivity index (χ0n) is 20.8. The molecule has 2 aromatic rings. The number of piperidine rings is 1. The standard InChI is InChI=1S/C26H25F6N3O5/c27-25(28,29)17-9-14(10-18(12-17)26(30,31)32)11-20(23(37)38)40-24(39)35-7-5-15(6-8-35)21-22(36)34-19-4-2-1-3-16(19)13-33-21/h1-4,9-10,12,15,20-21,33H,5-8,11,13H2,(H,34,36)(H,37,38). The van der Waals surface area contributed by atoms with E-state index in [2.05, 4.69) is 10.6 Å². The number of nitrogens with zero attached hydrogens (tertiary/aromatic N) is 1. The topological polar surface area (TPSA) is 108 Å². The molecule has 2 unspecified atom stereocenters. The zero-order valence-corrected chi connectivity index (χ0v) is 20.8. The molecule has 1 saturated heterocycles. The van der Waals surface area contributed by atoms with Crippen LogP contribution in [0.25, 0.3) is 0 Å². The maximum absolute atomic E-state index is 13.2. The van der Waals surface area contributed by atoms with Gasteiger partial charge in [0.05, 0.1) is 17.2 Å². The number of carboxylic acids is 1. The number of para-hydroxylation sites is 1. The van der Waals surface area contributed by atoms with E-state index < -0.39 is 59.7 Å². The van der Waals surface area contributed by atoms with Crippen LogP contribution in [0, 0.1) is 5.92 Å². The highest BCUT2D eigenvalue weighted by Crippen LogP contribution is 2.36. The predicted octanol–water partition coefficient (Wildman–Crippen LogP) is 4.68. The number of likely N-dealkylation sites (tertiary alicyclic amines) is 1. The van der Waals surface area contributed by atoms with Gasteiger partial charge in [-0.25, -0.2) is 9.59 Å². The number of rotatable bonds is 5. The Morgan fingerprint density at radius 3 is 2.17 bits per heavy atom. The van der Waals surface area contributed by atoms with Gasteiger partial charge in [0.1, 0.15) is 0 Å². The molecule has 216 valence electrons. The van der Waals surface area contributed by atoms with Crippen molar-refractivity contribution in [3.05, 3.63) is 64.7 Å². The van der Waals surface area contributed by atoms with Crippen LogP contribution in [0.5, 0.6) is 0 Å². The van der Waals surface area contributed by atoms with E-state index in [-0.39, 0.29) is 31.0 Å². The summed E-state index contributed by atoms with van der Waals surface area (Å²) < 4.78 is 84.0. The molecule has 0 saturated carbocycles. The molecule has 4 rings (SSSR count). The van der Waals surface area contributed by atoms with Crippen molar-refractivity contribution in [3.63, 3.8) is 0 Å². The molecule has 3 N–H and O–H groups in total. The van der Waals surface area contributed by atoms with Gasteiger partial charge in [0.15, 0.2) is 0 Å². The zero-order chi connectivity index (χ0) is 29.2. The van der Waals surface area contributed by atoms with Gasteiger partial charge < -0.3 is 25.4 Å². The number of anilines is 1. The summed E-state index contributed by atoms with van der Waals surface area (Å²) >= 11 is 0. The summed E-state index contributed by atoms with van der Waals surface area (Å²) in [6, 6.07) is 7.50. The van der Waals surface area contributed by atoms with Gasteiger partial charge in [0.2, 0.25) is 12.0 Å². The monoisotopic (exact) mass is 573 g/mol. The predicted molar refractivity (Wildman–Crippen MR) is 128 cm³/mol. The van der Waals surface area contributed by atoms with Crippen molar-refractivity contribution in [2.75, 3.05) is 18.4 Å². The first kappa shape index (κ1) is 29.2. The maximum atomic E-state index is 13.2. The largest absolute Gasteiger partial charge is 0.478 e. The van der Waals surface area contributed by atoms with Crippen LogP contribution in [-0.4, -0.2) is 53.2 Å². The number of alkyl halides is 6. The van der Waals surface area contributed by atoms with E-state index in [1.54, 1.807) is 12.1 Å². The molecule has 0 aliphatic carbocycles. The third kappa shape index (κ3) is 6.84. The molecule has 0 radical (unpaired) electrons. The number of carbonyl (C=O) groups is 3. The van der Waals surface area contributed by atoms with Crippen molar-refractivity contribution in [3.8, 4) is 0 Å². The van der Waals surface area contributed by atoms with Crippen LogP contribution in [0.2, 0.25) is 0 Å². The van der Waals surface area contributed by atoms with Crippen molar-refractivity contribution >= 4 is 23.7 Å². The van der Waals surface area contributed by atoms with E-state index >= 15 is 0 Å². The van der Waals surface area contributed by atoms with Crippen LogP contribution in [0.4, 0.5) is 36.8 Å². The molecule has 2 amide bonds. The number of halogens is 6. The van der Waals surface area contributed by atoms with E-state index in [1.165, 1.54) is 4.90 Å². The molecule has 14 heteroatoms. The lowest BCUT2D eigenvalue weighted by atomic mass is 9.89. The second kappa shape index (κ2) is 11.4. The van der Waals surface area contributed by atoms with E-state index in [4.69, 9.17) is 4.74 Å². The smallest absolute Gasteiger partial charge is 0.416 e. The van der Waals surface area contributed by atoms with Gasteiger partial charge in [-0.3, -0.25) is 4.79 Å². The highest BCUT2D eigenvalue weighted by molar-refractivity contribution is 5.96. The lowest BCUT2D eigenvalue weighted by Gasteiger charge is -2.35. The maximum Gasteiger partial charge on any atom is 0.416 e. The fourth-order valence-electron chi connectivity index (χ4n) is 4.84. The summed E-state index contributed by atoms with van der Waals surface area (Å²) in [6.07, 6.45) is -13.5. The number of ether oxygens (including phenoxy) is 1. The average molecular weight is 573 g/mol. The fraction of sp³-hybridized carbons (Fsp3) is 0.423. The number of amides is 2. The van der Waals surface area contributed by atoms with Crippen molar-refractivity contribution < 1.29 is 50.6 Å². The van der Waals surface area contributed by atoms with Crippen LogP contribution < -0.4 is 10.6 Å². The quantitative estimate of drug-likeness (QED) is 0.449. The highest BCUT2D eigenvalue weighted by Gasteiger charge is 2.38. The Hall–Kier alpha value is -3.81. The van der Waals surface area contributed by atoms with Crippen molar-refractivity contribution in [2.45, 2.75) is 50.3 Å². The van der Waals surface area contributed by atoms with E-state index in [0.717, 1.165) is 5.56 Å². The molecular formula is C26H25F6N3O5. The molecule has 2 aromatic carbocycles. The van der Waals surface area contributed by atoms with Gasteiger partial charge >= 0.3 is 24.4 Å². The molecule has 0 bridgehead atoms. The number of fused-ring (bicyclic) bond motifs is 1. The number of benzene rings is 2. The minimum atomic E-state index is -5.11. The number of nitrogens with one attached hydrogen (secondary N) is 2. The van der Waals surface area contributed by atoms with Gasteiger partial charge in [-0.05, 0) is 54.2 Å². The van der Waals surface area contributed by atoms with Gasteiger partial charge in [0.25, 0.3) is 0 Å². The van der Waals surface area contributed by atoms with Crippen molar-refractivity contribution in [2.24, 2.45) is 5.92 Å². The van der Waals surface area contributed by atoms with Gasteiger partial charge in [-0.2, -0.15) is 26.3 Å². The second-order valence-corrected chi connectivity index (χ2v) is 9.66. The minimum absolute atomic E-state index is 0.0719. The molecule has 2 atom stereocenters. The Kier molecular flexibility index (Phi) is 8.28. The normalized spacial score (nSPS) is 19.3. The van der Waals surface area contributed by atoms with Crippen LogP contribution in [0.15, 0.2) is 42.5 Å². The van der Waals surface area contributed by atoms with Crippen molar-refractivity contribution in [1.82, 2.24) is 10.2 Å². The van der Waals surface area contributed by atoms with E-state index in [0.29, 0.717) is 37.2 Å². The van der Waals surface area contributed by atoms with Crippen molar-refractivity contribution in [1.29, 1.82) is 0 Å². The number of hydrogen-bond acceptors (Lipinski definition) is 5. The van der Waals surface area contributed by atoms with Gasteiger partial charge in [0, 0.05) is 31.7 Å². The Labute approximate surface area is 224 Å². The Bertz CT molecular complexity index is 1240. The molecule has 8 nitrogen and oxygen atoms in total. The summed E-state index contributed by atoms with van der Waals surface area (Å²) in [7, 11) is 0. The lowest BCUT2D eigenvalue weighted by Crippen LogP contribution is -2.49. The third-order valence-electron chi connectivity index (χ3n) is 6.93. The van der Waals surface area contributed by atoms with Crippen LogP contribution in [0.1, 0.15) is 35.1 Å². The molecule has 1 fully saturated rings. The molecule has 0 spiro atoms. The second-order valence-electron chi connectivity index (χ2n) is 9.66. The minimum Gasteiger partial charge on any atom is -0.478 e. The first-order valence-electron chi connectivity index (χ1n) is 12.3. The lowest BCUT2D eigenvalue weighted by molar-refractivity contribution is -0.147. The molecule has 2 aliphatic rings. The van der Waals surface area contributed by atoms with E-state index in [9.17, 15) is 45.8 Å². The van der Waals surface area contributed by atoms with E-state index in [1.807, 2.05) is 12.1 Å². The van der Waals surface area contributed by atoms with Gasteiger partial charge in [-0.1, -0.05) is 18.2 Å². The van der Waals surface area contributed by atoms with Crippen LogP contribution >= 0.6 is 0 Å². The van der Waals surface area contributed by atoms with Gasteiger partial charge in [-0.15, -0.1) is 0 Å². The number of hydrogen-bond donors (Lipinski definition) is 3. The summed E-state index contributed by atoms with van der Waals surface area (Å²) in [6.45, 7) is 0.666. The number of aliphatic carboxylic acids is 1. The Balaban J connectivity index is 1.39. The van der Waals surface area contributed by atoms with Crippen LogP contribution in [-0.2, 0) is 39.6 Å². The number of carboxylic acid groups (broad SMARTS) is 1. The Morgan fingerprint density at radius 1 is 1.00 bits per heavy atom. The van der Waals surface area contributed by atoms with Crippen LogP contribution in [0.3, 0.4) is 0 Å². The molecule has 40 heavy (non-hydrogen) atoms. The SMILES string of the molecule is O=C(O)C(Cc1cc(C(F)(F)F)cc(C(F)(F)F)c1)OC(=O)N1CCC(C2NCc3ccccc3NC2=O)CC1. The average Bonchev–Trinajstić information content (AvgIpc) is 3.05. The summed E-state index contributed by atoms with van der Waals surface area (Å²) in [5.41, 5.74) is -2.19. The first-order chi connectivity index (χ1) is 18.7. The highest BCUT2D eigenvalue weighted by atomic mass is 19.4. The summed E-state index contributed by atoms with van der Waals surface area (Å²) in [4.78, 5) is 38.4. The third-order valence-corrected chi connectivity index (χ3v) is 6.93. The number of carbonyl (C=O) groups excluding carboxylic acids is 2. The molecule has 2 heterocycles. The molecular weight excluding hydrogens is 548 g/mol. The molecule has 0 aromatic heterocycles. The molecule has 2 aliphatic heterocycles. The first-order valence-corrected chi connectivity index (χ1v) is 12.3. The fourth-order valence-corrected chi connectivity index (χ4v) is 4.84.